The van der Waals surface area contributed by atoms with Crippen LogP contribution in [0.3, 0.4) is 0 Å². The molecule has 1 atom stereocenters. The van der Waals surface area contributed by atoms with Gasteiger partial charge in [-0.2, -0.15) is 5.26 Å². The van der Waals surface area contributed by atoms with Crippen LogP contribution in [0.1, 0.15) is 6.42 Å². The van der Waals surface area contributed by atoms with E-state index in [1.165, 1.54) is 12.2 Å². The number of carboxylic acids is 1. The Morgan fingerprint density at radius 1 is 1.69 bits per heavy atom. The van der Waals surface area contributed by atoms with Gasteiger partial charge in [-0.3, -0.25) is 0 Å². The van der Waals surface area contributed by atoms with Gasteiger partial charge in [0.1, 0.15) is 0 Å². The summed E-state index contributed by atoms with van der Waals surface area (Å²) >= 11 is 0. The van der Waals surface area contributed by atoms with E-state index in [2.05, 4.69) is 6.58 Å². The average molecular weight is 181 g/mol. The van der Waals surface area contributed by atoms with Gasteiger partial charge >= 0.3 is 5.97 Å². The van der Waals surface area contributed by atoms with Gasteiger partial charge in [0.25, 0.3) is 0 Å². The van der Waals surface area contributed by atoms with E-state index in [9.17, 15) is 4.79 Å². The second kappa shape index (κ2) is 5.98. The highest BCUT2D eigenvalue weighted by atomic mass is 16.4. The Kier molecular flexibility index (Phi) is 5.24. The molecule has 4 nitrogen and oxygen atoms in total. The third-order valence-corrected chi connectivity index (χ3v) is 1.57. The number of carboxylic acid groups (broad SMARTS) is 1. The first-order chi connectivity index (χ1) is 6.13. The summed E-state index contributed by atoms with van der Waals surface area (Å²) in [4.78, 5) is 10.5. The van der Waals surface area contributed by atoms with Gasteiger partial charge in [0.15, 0.2) is 0 Å². The van der Waals surface area contributed by atoms with Crippen LogP contribution in [0.25, 0.3) is 0 Å². The zero-order valence-electron chi connectivity index (χ0n) is 7.10. The fourth-order valence-corrected chi connectivity index (χ4v) is 0.843. The molecule has 0 rings (SSSR count). The topological polar surface area (TPSA) is 81.3 Å². The van der Waals surface area contributed by atoms with Crippen molar-refractivity contribution in [2.45, 2.75) is 6.42 Å². The summed E-state index contributed by atoms with van der Waals surface area (Å²) in [7, 11) is 0. The molecule has 0 spiro atoms. The minimum absolute atomic E-state index is 0.0134. The molecule has 0 saturated heterocycles. The highest BCUT2D eigenvalue weighted by molar-refractivity contribution is 5.86. The molecule has 4 heteroatoms. The molecule has 0 amide bonds. The van der Waals surface area contributed by atoms with E-state index in [1.807, 2.05) is 0 Å². The lowest BCUT2D eigenvalue weighted by Gasteiger charge is -2.09. The number of hydrogen-bond donors (Lipinski definition) is 2. The molecular weight excluding hydrogens is 170 g/mol. The summed E-state index contributed by atoms with van der Waals surface area (Å²) in [5.74, 6) is -1.58. The zero-order chi connectivity index (χ0) is 10.3. The fraction of sp³-hybridized carbons (Fsp3) is 0.333. The fourth-order valence-electron chi connectivity index (χ4n) is 0.843. The standard InChI is InChI=1S/C9H11NO3/c1-7(9(12)13)8(4-6-11)3-2-5-10/h2-3,8,11H,1,4,6H2,(H,12,13). The zero-order valence-corrected chi connectivity index (χ0v) is 7.10. The molecule has 0 aromatic heterocycles. The average Bonchev–Trinajstić information content (AvgIpc) is 2.11. The summed E-state index contributed by atoms with van der Waals surface area (Å²) in [5, 5.41) is 25.4. The lowest BCUT2D eigenvalue weighted by Crippen LogP contribution is -2.11. The number of aliphatic hydroxyl groups excluding tert-OH is 1. The summed E-state index contributed by atoms with van der Waals surface area (Å²) in [6.07, 6.45) is 2.88. The van der Waals surface area contributed by atoms with Gasteiger partial charge in [0.2, 0.25) is 0 Å². The maximum absolute atomic E-state index is 10.5. The van der Waals surface area contributed by atoms with Crippen molar-refractivity contribution >= 4 is 5.97 Å². The molecule has 0 aliphatic carbocycles. The van der Waals surface area contributed by atoms with Crippen molar-refractivity contribution < 1.29 is 15.0 Å². The van der Waals surface area contributed by atoms with Gasteiger partial charge in [0, 0.05) is 24.2 Å². The van der Waals surface area contributed by atoms with Crippen molar-refractivity contribution in [2.75, 3.05) is 6.61 Å². The minimum Gasteiger partial charge on any atom is -0.478 e. The van der Waals surface area contributed by atoms with E-state index in [-0.39, 0.29) is 18.6 Å². The number of nitriles is 1. The van der Waals surface area contributed by atoms with Crippen molar-refractivity contribution in [1.29, 1.82) is 5.26 Å². The molecule has 0 aliphatic rings. The summed E-state index contributed by atoms with van der Waals surface area (Å²) in [5.41, 5.74) is -0.0134. The van der Waals surface area contributed by atoms with E-state index in [1.54, 1.807) is 6.07 Å². The van der Waals surface area contributed by atoms with Crippen LogP contribution >= 0.6 is 0 Å². The molecule has 0 bridgehead atoms. The Balaban J connectivity index is 4.43. The van der Waals surface area contributed by atoms with Crippen LogP contribution < -0.4 is 0 Å². The lowest BCUT2D eigenvalue weighted by atomic mass is 9.97. The lowest BCUT2D eigenvalue weighted by molar-refractivity contribution is -0.133. The van der Waals surface area contributed by atoms with Gasteiger partial charge < -0.3 is 10.2 Å². The van der Waals surface area contributed by atoms with Crippen molar-refractivity contribution in [3.63, 3.8) is 0 Å². The molecule has 0 fully saturated rings. The van der Waals surface area contributed by atoms with E-state index in [0.29, 0.717) is 0 Å². The number of carbonyl (C=O) groups is 1. The Morgan fingerprint density at radius 2 is 2.31 bits per heavy atom. The molecule has 1 unspecified atom stereocenters. The van der Waals surface area contributed by atoms with E-state index < -0.39 is 11.9 Å². The molecule has 2 N–H and O–H groups in total. The van der Waals surface area contributed by atoms with Crippen LogP contribution in [0.15, 0.2) is 24.3 Å². The minimum atomic E-state index is -1.11. The number of nitrogens with zero attached hydrogens (tertiary/aromatic N) is 1. The first-order valence-corrected chi connectivity index (χ1v) is 3.72. The molecule has 0 heterocycles. The highest BCUT2D eigenvalue weighted by Gasteiger charge is 2.14. The molecule has 0 saturated carbocycles. The molecule has 70 valence electrons. The van der Waals surface area contributed by atoms with E-state index in [4.69, 9.17) is 15.5 Å². The van der Waals surface area contributed by atoms with E-state index in [0.717, 1.165) is 0 Å². The molecule has 0 aromatic rings. The van der Waals surface area contributed by atoms with E-state index >= 15 is 0 Å². The summed E-state index contributed by atoms with van der Waals surface area (Å²) in [6.45, 7) is 3.22. The van der Waals surface area contributed by atoms with Crippen LogP contribution in [0.4, 0.5) is 0 Å². The molecule has 13 heavy (non-hydrogen) atoms. The normalized spacial score (nSPS) is 12.3. The molecular formula is C9H11NO3. The van der Waals surface area contributed by atoms with Crippen LogP contribution in [0.5, 0.6) is 0 Å². The first kappa shape index (κ1) is 11.4. The van der Waals surface area contributed by atoms with Crippen molar-refractivity contribution in [3.8, 4) is 6.07 Å². The monoisotopic (exact) mass is 181 g/mol. The van der Waals surface area contributed by atoms with Crippen LogP contribution in [0.2, 0.25) is 0 Å². The van der Waals surface area contributed by atoms with Gasteiger partial charge in [-0.1, -0.05) is 12.7 Å². The first-order valence-electron chi connectivity index (χ1n) is 3.72. The van der Waals surface area contributed by atoms with Gasteiger partial charge in [-0.25, -0.2) is 4.79 Å². The predicted molar refractivity (Wildman–Crippen MR) is 46.7 cm³/mol. The number of hydrogen-bond acceptors (Lipinski definition) is 3. The second-order valence-corrected chi connectivity index (χ2v) is 2.44. The van der Waals surface area contributed by atoms with Gasteiger partial charge in [-0.15, -0.1) is 0 Å². The van der Waals surface area contributed by atoms with Gasteiger partial charge in [-0.05, 0) is 6.42 Å². The Morgan fingerprint density at radius 3 is 2.69 bits per heavy atom. The number of aliphatic hydroxyl groups is 1. The van der Waals surface area contributed by atoms with Crippen molar-refractivity contribution in [3.05, 3.63) is 24.3 Å². The molecule has 0 aromatic carbocycles. The summed E-state index contributed by atoms with van der Waals surface area (Å²) in [6, 6.07) is 1.75. The smallest absolute Gasteiger partial charge is 0.331 e. The largest absolute Gasteiger partial charge is 0.478 e. The number of aliphatic carboxylic acids is 1. The Bertz CT molecular complexity index is 263. The summed E-state index contributed by atoms with van der Waals surface area (Å²) < 4.78 is 0. The number of allylic oxidation sites excluding steroid dienone is 2. The van der Waals surface area contributed by atoms with Crippen LogP contribution in [-0.4, -0.2) is 22.8 Å². The maximum Gasteiger partial charge on any atom is 0.331 e. The van der Waals surface area contributed by atoms with Crippen molar-refractivity contribution in [2.24, 2.45) is 5.92 Å². The Labute approximate surface area is 76.4 Å². The van der Waals surface area contributed by atoms with Crippen LogP contribution in [-0.2, 0) is 4.79 Å². The third kappa shape index (κ3) is 4.09. The molecule has 0 radical (unpaired) electrons. The third-order valence-electron chi connectivity index (χ3n) is 1.57. The Hall–Kier alpha value is -1.60. The van der Waals surface area contributed by atoms with Crippen LogP contribution in [0, 0.1) is 17.2 Å². The van der Waals surface area contributed by atoms with Crippen molar-refractivity contribution in [1.82, 2.24) is 0 Å². The predicted octanol–water partition coefficient (Wildman–Crippen LogP) is 0.706. The van der Waals surface area contributed by atoms with Gasteiger partial charge in [0.05, 0.1) is 6.07 Å². The second-order valence-electron chi connectivity index (χ2n) is 2.44. The maximum atomic E-state index is 10.5. The highest BCUT2D eigenvalue weighted by Crippen LogP contribution is 2.14. The number of rotatable bonds is 5. The SMILES string of the molecule is C=C(C(=O)O)C(C=CC#N)CCO. The molecule has 0 aliphatic heterocycles. The quantitative estimate of drug-likeness (QED) is 0.483.